The minimum atomic E-state index is -0.120. The number of carbonyl (C=O) groups is 1. The van der Waals surface area contributed by atoms with E-state index in [2.05, 4.69) is 15.3 Å². The molecule has 0 aliphatic carbocycles. The second kappa shape index (κ2) is 11.8. The maximum atomic E-state index is 11.0. The van der Waals surface area contributed by atoms with Crippen molar-refractivity contribution >= 4 is 5.97 Å². The normalized spacial score (nSPS) is 9.56. The lowest BCUT2D eigenvalue weighted by Gasteiger charge is -2.03. The summed E-state index contributed by atoms with van der Waals surface area (Å²) in [6.45, 7) is 4.53. The number of rotatable bonds is 10. The third kappa shape index (κ3) is 10.8. The first-order chi connectivity index (χ1) is 7.81. The van der Waals surface area contributed by atoms with Crippen LogP contribution in [0.2, 0.25) is 0 Å². The van der Waals surface area contributed by atoms with Gasteiger partial charge < -0.3 is 10.1 Å². The first-order valence-electron chi connectivity index (χ1n) is 5.68. The van der Waals surface area contributed by atoms with Crippen molar-refractivity contribution in [1.29, 1.82) is 0 Å². The van der Waals surface area contributed by atoms with Gasteiger partial charge in [0.1, 0.15) is 0 Å². The van der Waals surface area contributed by atoms with E-state index in [4.69, 9.17) is 10.3 Å². The monoisotopic (exact) mass is 228 g/mol. The van der Waals surface area contributed by atoms with Crippen molar-refractivity contribution in [3.8, 4) is 0 Å². The highest BCUT2D eigenvalue weighted by Gasteiger charge is 1.99. The van der Waals surface area contributed by atoms with Crippen molar-refractivity contribution in [2.75, 3.05) is 26.2 Å². The van der Waals surface area contributed by atoms with Crippen LogP contribution < -0.4 is 5.32 Å². The van der Waals surface area contributed by atoms with Crippen molar-refractivity contribution in [1.82, 2.24) is 5.32 Å². The van der Waals surface area contributed by atoms with Crippen LogP contribution in [0, 0.1) is 0 Å². The summed E-state index contributed by atoms with van der Waals surface area (Å²) in [6, 6.07) is 0. The molecule has 0 aliphatic heterocycles. The van der Waals surface area contributed by atoms with Gasteiger partial charge in [0, 0.05) is 17.9 Å². The van der Waals surface area contributed by atoms with Crippen LogP contribution in [0.4, 0.5) is 0 Å². The molecule has 0 rings (SSSR count). The Morgan fingerprint density at radius 2 is 2.12 bits per heavy atom. The van der Waals surface area contributed by atoms with E-state index < -0.39 is 0 Å². The Kier molecular flexibility index (Phi) is 10.9. The van der Waals surface area contributed by atoms with E-state index in [1.165, 1.54) is 0 Å². The number of nitrogens with one attached hydrogen (secondary N) is 1. The van der Waals surface area contributed by atoms with Gasteiger partial charge in [0.15, 0.2) is 0 Å². The molecule has 0 bridgehead atoms. The Bertz CT molecular complexity index is 227. The van der Waals surface area contributed by atoms with E-state index in [0.717, 1.165) is 32.4 Å². The molecular weight excluding hydrogens is 208 g/mol. The fourth-order valence-electron chi connectivity index (χ4n) is 1.20. The average Bonchev–Trinajstić information content (AvgIpc) is 2.27. The maximum absolute atomic E-state index is 11.0. The molecule has 0 amide bonds. The summed E-state index contributed by atoms with van der Waals surface area (Å²) >= 11 is 0. The molecule has 0 aromatic heterocycles. The number of carbonyl (C=O) groups excluding carboxylic acids is 1. The molecule has 6 heteroatoms. The van der Waals surface area contributed by atoms with E-state index >= 15 is 0 Å². The predicted octanol–water partition coefficient (Wildman–Crippen LogP) is 2.01. The Labute approximate surface area is 96.0 Å². The smallest absolute Gasteiger partial charge is 0.305 e. The highest BCUT2D eigenvalue weighted by Crippen LogP contribution is 1.96. The third-order valence-corrected chi connectivity index (χ3v) is 1.96. The van der Waals surface area contributed by atoms with Gasteiger partial charge in [-0.1, -0.05) is 5.11 Å². The highest BCUT2D eigenvalue weighted by atomic mass is 16.5. The summed E-state index contributed by atoms with van der Waals surface area (Å²) in [7, 11) is 0. The van der Waals surface area contributed by atoms with Crippen molar-refractivity contribution in [2.24, 2.45) is 5.11 Å². The van der Waals surface area contributed by atoms with Gasteiger partial charge >= 0.3 is 5.97 Å². The van der Waals surface area contributed by atoms with Gasteiger partial charge in [-0.3, -0.25) is 4.79 Å². The number of azide groups is 1. The Balaban J connectivity index is 3.09. The van der Waals surface area contributed by atoms with Crippen LogP contribution in [-0.2, 0) is 9.53 Å². The van der Waals surface area contributed by atoms with E-state index in [9.17, 15) is 4.79 Å². The van der Waals surface area contributed by atoms with Gasteiger partial charge in [-0.25, -0.2) is 0 Å². The first-order valence-corrected chi connectivity index (χ1v) is 5.68. The summed E-state index contributed by atoms with van der Waals surface area (Å²) in [5, 5.41) is 6.64. The first kappa shape index (κ1) is 14.7. The zero-order chi connectivity index (χ0) is 12.1. The molecule has 1 N–H and O–H groups in total. The van der Waals surface area contributed by atoms with Crippen molar-refractivity contribution in [2.45, 2.75) is 32.6 Å². The van der Waals surface area contributed by atoms with E-state index in [1.54, 1.807) is 0 Å². The van der Waals surface area contributed by atoms with Crippen LogP contribution in [0.3, 0.4) is 0 Å². The van der Waals surface area contributed by atoms with Crippen LogP contribution in [-0.4, -0.2) is 32.2 Å². The predicted molar refractivity (Wildman–Crippen MR) is 62.0 cm³/mol. The molecule has 92 valence electrons. The van der Waals surface area contributed by atoms with E-state index in [-0.39, 0.29) is 5.97 Å². The van der Waals surface area contributed by atoms with Gasteiger partial charge in [0.25, 0.3) is 0 Å². The van der Waals surface area contributed by atoms with Crippen LogP contribution in [0.15, 0.2) is 5.11 Å². The summed E-state index contributed by atoms with van der Waals surface area (Å²) in [5.74, 6) is -0.120. The van der Waals surface area contributed by atoms with Gasteiger partial charge in [0.05, 0.1) is 6.61 Å². The molecule has 0 unspecified atom stereocenters. The van der Waals surface area contributed by atoms with Gasteiger partial charge in [-0.15, -0.1) is 0 Å². The number of esters is 1. The van der Waals surface area contributed by atoms with Gasteiger partial charge in [-0.05, 0) is 44.8 Å². The fourth-order valence-corrected chi connectivity index (χ4v) is 1.20. The Morgan fingerprint density at radius 1 is 1.38 bits per heavy atom. The van der Waals surface area contributed by atoms with Crippen molar-refractivity contribution in [3.63, 3.8) is 0 Å². The SMILES string of the molecule is CCOC(=O)CCCCNCCCN=[N+]=[N-]. The molecule has 6 nitrogen and oxygen atoms in total. The Hall–Kier alpha value is -1.26. The molecular formula is C10H20N4O2. The van der Waals surface area contributed by atoms with Crippen LogP contribution in [0.25, 0.3) is 10.4 Å². The lowest BCUT2D eigenvalue weighted by atomic mass is 10.2. The molecule has 0 aromatic carbocycles. The van der Waals surface area contributed by atoms with Gasteiger partial charge in [-0.2, -0.15) is 0 Å². The summed E-state index contributed by atoms with van der Waals surface area (Å²) in [4.78, 5) is 13.6. The molecule has 0 radical (unpaired) electrons. The molecule has 16 heavy (non-hydrogen) atoms. The maximum Gasteiger partial charge on any atom is 0.305 e. The molecule has 0 aromatic rings. The summed E-state index contributed by atoms with van der Waals surface area (Å²) in [6.07, 6.45) is 3.15. The lowest BCUT2D eigenvalue weighted by Crippen LogP contribution is -2.17. The van der Waals surface area contributed by atoms with Crippen LogP contribution in [0.1, 0.15) is 32.6 Å². The highest BCUT2D eigenvalue weighted by molar-refractivity contribution is 5.69. The minimum Gasteiger partial charge on any atom is -0.466 e. The van der Waals surface area contributed by atoms with Crippen molar-refractivity contribution in [3.05, 3.63) is 10.4 Å². The number of unbranched alkanes of at least 4 members (excludes halogenated alkanes) is 1. The largest absolute Gasteiger partial charge is 0.466 e. The second-order valence-electron chi connectivity index (χ2n) is 3.32. The molecule has 0 atom stereocenters. The van der Waals surface area contributed by atoms with E-state index in [0.29, 0.717) is 19.6 Å². The van der Waals surface area contributed by atoms with Crippen LogP contribution in [0.5, 0.6) is 0 Å². The zero-order valence-corrected chi connectivity index (χ0v) is 9.81. The molecule has 0 aliphatic rings. The molecule has 0 saturated carbocycles. The summed E-state index contributed by atoms with van der Waals surface area (Å²) in [5.41, 5.74) is 8.03. The Morgan fingerprint density at radius 3 is 2.81 bits per heavy atom. The fraction of sp³-hybridized carbons (Fsp3) is 0.900. The zero-order valence-electron chi connectivity index (χ0n) is 9.81. The standard InChI is InChI=1S/C10H20N4O2/c1-2-16-10(15)6-3-4-7-12-8-5-9-13-14-11/h12H,2-9H2,1H3. The van der Waals surface area contributed by atoms with Crippen LogP contribution >= 0.6 is 0 Å². The molecule has 0 spiro atoms. The quantitative estimate of drug-likeness (QED) is 0.204. The van der Waals surface area contributed by atoms with E-state index in [1.807, 2.05) is 6.92 Å². The summed E-state index contributed by atoms with van der Waals surface area (Å²) < 4.78 is 4.81. The number of ether oxygens (including phenoxy) is 1. The topological polar surface area (TPSA) is 87.1 Å². The van der Waals surface area contributed by atoms with Crippen molar-refractivity contribution < 1.29 is 9.53 Å². The third-order valence-electron chi connectivity index (χ3n) is 1.96. The number of hydrogen-bond acceptors (Lipinski definition) is 4. The minimum absolute atomic E-state index is 0.120. The number of nitrogens with zero attached hydrogens (tertiary/aromatic N) is 3. The van der Waals surface area contributed by atoms with Gasteiger partial charge in [0.2, 0.25) is 0 Å². The molecule has 0 fully saturated rings. The number of hydrogen-bond donors (Lipinski definition) is 1. The lowest BCUT2D eigenvalue weighted by molar-refractivity contribution is -0.143. The molecule has 0 saturated heterocycles. The average molecular weight is 228 g/mol. The second-order valence-corrected chi connectivity index (χ2v) is 3.32. The molecule has 0 heterocycles.